The molecule has 0 amide bonds. The van der Waals surface area contributed by atoms with Gasteiger partial charge in [-0.2, -0.15) is 52.8 Å². The minimum Gasteiger partial charge on any atom is -0.500 e. The van der Waals surface area contributed by atoms with Crippen LogP contribution in [0.15, 0.2) is 201 Å². The van der Waals surface area contributed by atoms with E-state index in [9.17, 15) is 0 Å². The monoisotopic (exact) mass is 970 g/mol. The maximum atomic E-state index is 5.00. The molecule has 0 bridgehead atoms. The van der Waals surface area contributed by atoms with E-state index in [0.717, 1.165) is 44.0 Å². The van der Waals surface area contributed by atoms with Gasteiger partial charge in [0.05, 0.1) is 0 Å². The molecule has 6 heteroatoms. The fourth-order valence-electron chi connectivity index (χ4n) is 8.69. The van der Waals surface area contributed by atoms with Crippen LogP contribution in [-0.2, 0) is 26.5 Å². The molecule has 0 unspecified atom stereocenters. The first-order chi connectivity index (χ1) is 28.9. The Bertz CT molecular complexity index is 2930. The summed E-state index contributed by atoms with van der Waals surface area (Å²) in [4.78, 5) is 9.38. The molecule has 9 aromatic rings. The topological polar surface area (TPSA) is 24.3 Å². The van der Waals surface area contributed by atoms with Gasteiger partial charge in [0.25, 0.3) is 0 Å². The smallest absolute Gasteiger partial charge is 0.135 e. The molecule has 3 heterocycles. The zero-order valence-electron chi connectivity index (χ0n) is 33.7. The van der Waals surface area contributed by atoms with Crippen LogP contribution in [0.25, 0.3) is 38.8 Å². The molecule has 1 aliphatic rings. The van der Waals surface area contributed by atoms with Crippen LogP contribution < -0.4 is 30.5 Å². The summed E-state index contributed by atoms with van der Waals surface area (Å²) in [6.07, 6.45) is 6.20. The van der Waals surface area contributed by atoms with E-state index < -0.39 is 8.07 Å². The number of pyridine rings is 1. The van der Waals surface area contributed by atoms with Crippen LogP contribution in [0.5, 0.6) is 0 Å². The first kappa shape index (κ1) is 39.2. The second-order valence-electron chi connectivity index (χ2n) is 16.2. The summed E-state index contributed by atoms with van der Waals surface area (Å²) >= 11 is 0. The van der Waals surface area contributed by atoms with Gasteiger partial charge in [-0.1, -0.05) is 154 Å². The van der Waals surface area contributed by atoms with E-state index in [4.69, 9.17) is 4.98 Å². The summed E-state index contributed by atoms with van der Waals surface area (Å²) in [5.74, 6) is 0.895. The van der Waals surface area contributed by atoms with Gasteiger partial charge >= 0.3 is 0 Å². The number of para-hydroxylation sites is 2. The van der Waals surface area contributed by atoms with Gasteiger partial charge < -0.3 is 14.4 Å². The van der Waals surface area contributed by atoms with Gasteiger partial charge in [0.1, 0.15) is 13.9 Å². The number of hydrogen-bond acceptors (Lipinski definition) is 3. The van der Waals surface area contributed by atoms with Crippen LogP contribution in [0.2, 0.25) is 0 Å². The van der Waals surface area contributed by atoms with Crippen molar-refractivity contribution in [1.82, 2.24) is 9.55 Å². The summed E-state index contributed by atoms with van der Waals surface area (Å²) < 4.78 is 2.31. The Balaban J connectivity index is 0.00000462. The van der Waals surface area contributed by atoms with Gasteiger partial charge in [0.2, 0.25) is 0 Å². The van der Waals surface area contributed by atoms with Crippen LogP contribution >= 0.6 is 0 Å². The summed E-state index contributed by atoms with van der Waals surface area (Å²) in [7, 11) is -3.07. The van der Waals surface area contributed by atoms with E-state index in [1.54, 1.807) is 0 Å². The van der Waals surface area contributed by atoms with E-state index in [1.165, 1.54) is 32.5 Å². The first-order valence-electron chi connectivity index (χ1n) is 20.2. The van der Waals surface area contributed by atoms with E-state index in [1.807, 2.05) is 6.20 Å². The van der Waals surface area contributed by atoms with Crippen LogP contribution in [-0.4, -0.2) is 17.6 Å². The SMILES string of the molecule is CC(C)(C)c1ccnc(-n2c3[c-]c([Si](c4[c-]c(N5C=CN(c6ccccc6-c6ccccc6)[CH-]5)ccc4)(c4ccccc4)c4ccccc4)ccc3c3ccccc32)c1.[Pt]. The summed E-state index contributed by atoms with van der Waals surface area (Å²) in [6, 6.07) is 73.7. The predicted molar refractivity (Wildman–Crippen MR) is 249 cm³/mol. The molecule has 10 rings (SSSR count). The molecule has 7 aromatic carbocycles. The number of benzene rings is 7. The Labute approximate surface area is 368 Å². The van der Waals surface area contributed by atoms with E-state index in [0.29, 0.717) is 0 Å². The Hall–Kier alpha value is -6.26. The zero-order chi connectivity index (χ0) is 40.0. The van der Waals surface area contributed by atoms with E-state index in [2.05, 4.69) is 248 Å². The molecule has 1 aliphatic heterocycles. The molecule has 0 atom stereocenters. The molecule has 0 fully saturated rings. The number of hydrogen-bond donors (Lipinski definition) is 0. The Morgan fingerprint density at radius 1 is 0.567 bits per heavy atom. The summed E-state index contributed by atoms with van der Waals surface area (Å²) in [5.41, 5.74) is 7.80. The van der Waals surface area contributed by atoms with Crippen molar-refractivity contribution in [2.75, 3.05) is 9.80 Å². The average Bonchev–Trinajstić information content (AvgIpc) is 3.91. The van der Waals surface area contributed by atoms with Crippen molar-refractivity contribution in [3.63, 3.8) is 0 Å². The van der Waals surface area contributed by atoms with Crippen molar-refractivity contribution >= 4 is 62.0 Å². The molecule has 0 saturated heterocycles. The third-order valence-electron chi connectivity index (χ3n) is 11.6. The zero-order valence-corrected chi connectivity index (χ0v) is 37.0. The molecular weight excluding hydrogens is 928 g/mol. The molecule has 2 aromatic heterocycles. The number of fused-ring (bicyclic) bond motifs is 3. The Kier molecular flexibility index (Phi) is 10.5. The third-order valence-corrected chi connectivity index (χ3v) is 16.2. The van der Waals surface area contributed by atoms with Crippen molar-refractivity contribution < 1.29 is 21.1 Å². The molecule has 0 saturated carbocycles. The third kappa shape index (κ3) is 6.82. The molecule has 60 heavy (non-hydrogen) atoms. The van der Waals surface area contributed by atoms with Crippen molar-refractivity contribution in [2.24, 2.45) is 0 Å². The molecule has 4 nitrogen and oxygen atoms in total. The van der Waals surface area contributed by atoms with Crippen molar-refractivity contribution in [3.8, 4) is 16.9 Å². The maximum Gasteiger partial charge on any atom is 0.135 e. The van der Waals surface area contributed by atoms with Gasteiger partial charge in [0.15, 0.2) is 0 Å². The maximum absolute atomic E-state index is 5.00. The fourth-order valence-corrected chi connectivity index (χ4v) is 13.2. The number of rotatable bonds is 8. The molecular formula is C54H43N4PtSi-3. The molecule has 0 radical (unpaired) electrons. The van der Waals surface area contributed by atoms with E-state index >= 15 is 0 Å². The Morgan fingerprint density at radius 2 is 1.20 bits per heavy atom. The van der Waals surface area contributed by atoms with Crippen LogP contribution in [0.1, 0.15) is 26.3 Å². The van der Waals surface area contributed by atoms with Crippen LogP contribution in [0, 0.1) is 18.8 Å². The van der Waals surface area contributed by atoms with Crippen molar-refractivity contribution in [1.29, 1.82) is 0 Å². The fraction of sp³-hybridized carbons (Fsp3) is 0.0741. The van der Waals surface area contributed by atoms with Gasteiger partial charge in [-0.3, -0.25) is 0 Å². The molecule has 296 valence electrons. The quantitative estimate of drug-likeness (QED) is 0.0862. The van der Waals surface area contributed by atoms with Crippen molar-refractivity contribution in [2.45, 2.75) is 26.2 Å². The minimum atomic E-state index is -3.07. The summed E-state index contributed by atoms with van der Waals surface area (Å²) in [5, 5.41) is 7.19. The average molecular weight is 971 g/mol. The van der Waals surface area contributed by atoms with Crippen molar-refractivity contribution in [3.05, 3.63) is 225 Å². The Morgan fingerprint density at radius 3 is 1.93 bits per heavy atom. The number of anilines is 2. The molecule has 0 aliphatic carbocycles. The van der Waals surface area contributed by atoms with Gasteiger partial charge in [0, 0.05) is 44.0 Å². The number of nitrogens with zero attached hydrogens (tertiary/aromatic N) is 4. The number of aromatic nitrogens is 2. The largest absolute Gasteiger partial charge is 0.500 e. The van der Waals surface area contributed by atoms with E-state index in [-0.39, 0.29) is 26.5 Å². The first-order valence-corrected chi connectivity index (χ1v) is 22.2. The predicted octanol–water partition coefficient (Wildman–Crippen LogP) is 10.0. The summed E-state index contributed by atoms with van der Waals surface area (Å²) in [6.45, 7) is 8.91. The van der Waals surface area contributed by atoms with Crippen LogP contribution in [0.4, 0.5) is 11.4 Å². The van der Waals surface area contributed by atoms with Gasteiger partial charge in [-0.25, -0.2) is 4.98 Å². The van der Waals surface area contributed by atoms with Gasteiger partial charge in [-0.05, 0) is 69.0 Å². The normalized spacial score (nSPS) is 12.9. The van der Waals surface area contributed by atoms with Gasteiger partial charge in [-0.15, -0.1) is 17.7 Å². The van der Waals surface area contributed by atoms with Crippen LogP contribution in [0.3, 0.4) is 0 Å². The molecule has 0 N–H and O–H groups in total. The second-order valence-corrected chi connectivity index (χ2v) is 19.9. The standard InChI is InChI=1S/C54H43N4Si.Pt/c1-54(2,3)41-32-33-55-53(36-41)58-51-29-16-14-27-48(51)49-31-30-46(38-52(49)58)59(43-21-9-5-10-22-43,44-23-11-6-12-24-44)45-25-17-20-42(37-45)56-34-35-57(39-56)50-28-15-13-26-47(50)40-18-7-4-8-19-40;/h4-36,39H,1-3H3;/q-3;. The minimum absolute atomic E-state index is 0. The molecule has 0 spiro atoms. The second kappa shape index (κ2) is 16.1.